The van der Waals surface area contributed by atoms with E-state index >= 15 is 0 Å². The molecule has 0 fully saturated rings. The van der Waals surface area contributed by atoms with Gasteiger partial charge in [0.1, 0.15) is 0 Å². The molecule has 0 aromatic heterocycles. The summed E-state index contributed by atoms with van der Waals surface area (Å²) in [6, 6.07) is 2.94. The fourth-order valence-corrected chi connectivity index (χ4v) is 1.47. The average molecular weight is 198 g/mol. The van der Waals surface area contributed by atoms with Gasteiger partial charge >= 0.3 is 0 Å². The van der Waals surface area contributed by atoms with Crippen molar-refractivity contribution < 1.29 is 19.0 Å². The third kappa shape index (κ3) is 1.32. The molecule has 0 spiro atoms. The monoisotopic (exact) mass is 198 g/mol. The Bertz CT molecular complexity index is 351. The molecule has 1 N–H and O–H groups in total. The van der Waals surface area contributed by atoms with Crippen LogP contribution in [0, 0.1) is 5.82 Å². The zero-order chi connectivity index (χ0) is 10.1. The number of benzene rings is 1. The molecule has 0 bridgehead atoms. The molecule has 1 aromatic carbocycles. The molecule has 76 valence electrons. The molecule has 1 atom stereocenters. The van der Waals surface area contributed by atoms with Gasteiger partial charge in [0, 0.05) is 18.1 Å². The van der Waals surface area contributed by atoms with E-state index in [2.05, 4.69) is 0 Å². The van der Waals surface area contributed by atoms with E-state index in [1.165, 1.54) is 6.07 Å². The van der Waals surface area contributed by atoms with Crippen LogP contribution in [0.2, 0.25) is 0 Å². The van der Waals surface area contributed by atoms with Crippen LogP contribution in [-0.2, 0) is 0 Å². The molecular formula is C10H11FO3. The van der Waals surface area contributed by atoms with Gasteiger partial charge in [0.25, 0.3) is 0 Å². The number of hydrogen-bond donors (Lipinski definition) is 1. The van der Waals surface area contributed by atoms with Gasteiger partial charge in [-0.1, -0.05) is 13.0 Å². The number of fused-ring (bicyclic) bond motifs is 1. The summed E-state index contributed by atoms with van der Waals surface area (Å²) in [5.41, 5.74) is 0.779. The average Bonchev–Trinajstić information content (AvgIpc) is 2.67. The summed E-state index contributed by atoms with van der Waals surface area (Å²) in [6.07, 6.45) is 0. The number of aliphatic hydroxyl groups excluding tert-OH is 1. The largest absolute Gasteiger partial charge is 0.453 e. The van der Waals surface area contributed by atoms with Crippen LogP contribution in [0.1, 0.15) is 18.4 Å². The summed E-state index contributed by atoms with van der Waals surface area (Å²) in [5, 5.41) is 9.00. The van der Waals surface area contributed by atoms with Crippen LogP contribution in [0.5, 0.6) is 11.5 Å². The molecule has 14 heavy (non-hydrogen) atoms. The van der Waals surface area contributed by atoms with Crippen molar-refractivity contribution in [1.29, 1.82) is 0 Å². The van der Waals surface area contributed by atoms with Crippen LogP contribution < -0.4 is 9.47 Å². The van der Waals surface area contributed by atoms with Crippen molar-refractivity contribution in [3.63, 3.8) is 0 Å². The number of ether oxygens (including phenoxy) is 2. The van der Waals surface area contributed by atoms with Crippen LogP contribution in [0.3, 0.4) is 0 Å². The van der Waals surface area contributed by atoms with Crippen molar-refractivity contribution in [3.05, 3.63) is 23.5 Å². The minimum atomic E-state index is -0.425. The Morgan fingerprint density at radius 2 is 2.14 bits per heavy atom. The fraction of sp³-hybridized carbons (Fsp3) is 0.400. The summed E-state index contributed by atoms with van der Waals surface area (Å²) in [5.74, 6) is 0.0757. The number of hydrogen-bond acceptors (Lipinski definition) is 3. The minimum Gasteiger partial charge on any atom is -0.453 e. The van der Waals surface area contributed by atoms with Gasteiger partial charge in [-0.3, -0.25) is 0 Å². The Kier molecular flexibility index (Phi) is 2.29. The number of halogens is 1. The van der Waals surface area contributed by atoms with Crippen molar-refractivity contribution in [1.82, 2.24) is 0 Å². The van der Waals surface area contributed by atoms with E-state index in [9.17, 15) is 4.39 Å². The Morgan fingerprint density at radius 3 is 2.86 bits per heavy atom. The highest BCUT2D eigenvalue weighted by molar-refractivity contribution is 5.50. The normalized spacial score (nSPS) is 15.6. The molecular weight excluding hydrogens is 187 g/mol. The number of rotatable bonds is 2. The predicted octanol–water partition coefficient (Wildman–Crippen LogP) is 1.65. The lowest BCUT2D eigenvalue weighted by molar-refractivity contribution is 0.169. The van der Waals surface area contributed by atoms with E-state index < -0.39 is 5.82 Å². The third-order valence-corrected chi connectivity index (χ3v) is 2.31. The molecule has 0 saturated carbocycles. The molecule has 2 rings (SSSR count). The second-order valence-electron chi connectivity index (χ2n) is 3.29. The summed E-state index contributed by atoms with van der Waals surface area (Å²) in [6.45, 7) is 1.89. The van der Waals surface area contributed by atoms with Crippen LogP contribution in [0.4, 0.5) is 4.39 Å². The lowest BCUT2D eigenvalue weighted by Gasteiger charge is -2.11. The van der Waals surface area contributed by atoms with Gasteiger partial charge in [-0.2, -0.15) is 0 Å². The van der Waals surface area contributed by atoms with Gasteiger partial charge in [0.2, 0.25) is 12.5 Å². The van der Waals surface area contributed by atoms with Crippen LogP contribution >= 0.6 is 0 Å². The first-order valence-corrected chi connectivity index (χ1v) is 4.43. The molecule has 0 radical (unpaired) electrons. The maximum absolute atomic E-state index is 13.2. The van der Waals surface area contributed by atoms with Gasteiger partial charge in [-0.25, -0.2) is 4.39 Å². The van der Waals surface area contributed by atoms with E-state index in [1.54, 1.807) is 6.07 Å². The third-order valence-electron chi connectivity index (χ3n) is 2.31. The molecule has 1 heterocycles. The van der Waals surface area contributed by atoms with Crippen molar-refractivity contribution in [3.8, 4) is 11.5 Å². The predicted molar refractivity (Wildman–Crippen MR) is 48.0 cm³/mol. The van der Waals surface area contributed by atoms with Gasteiger partial charge in [0.05, 0.1) is 0 Å². The summed E-state index contributed by atoms with van der Waals surface area (Å²) < 4.78 is 23.3. The van der Waals surface area contributed by atoms with Gasteiger partial charge in [-0.15, -0.1) is 0 Å². The van der Waals surface area contributed by atoms with Crippen molar-refractivity contribution in [2.75, 3.05) is 13.4 Å². The van der Waals surface area contributed by atoms with Gasteiger partial charge in [0.15, 0.2) is 11.6 Å². The van der Waals surface area contributed by atoms with E-state index in [-0.39, 0.29) is 25.1 Å². The second kappa shape index (κ2) is 3.46. The summed E-state index contributed by atoms with van der Waals surface area (Å²) in [4.78, 5) is 0. The molecule has 0 amide bonds. The van der Waals surface area contributed by atoms with E-state index in [4.69, 9.17) is 14.6 Å². The van der Waals surface area contributed by atoms with Crippen LogP contribution in [0.25, 0.3) is 0 Å². The molecule has 4 heteroatoms. The first-order valence-electron chi connectivity index (χ1n) is 4.43. The molecule has 0 saturated heterocycles. The summed E-state index contributed by atoms with van der Waals surface area (Å²) in [7, 11) is 0. The Hall–Kier alpha value is -1.29. The zero-order valence-corrected chi connectivity index (χ0v) is 7.79. The molecule has 0 aliphatic carbocycles. The standard InChI is InChI=1S/C10H11FO3/c1-6(4-12)7-2-3-8(11)10-9(7)13-5-14-10/h2-3,6,12H,4-5H2,1H3. The Balaban J connectivity index is 2.48. The molecule has 1 aliphatic rings. The number of aliphatic hydroxyl groups is 1. The van der Waals surface area contributed by atoms with Gasteiger partial charge < -0.3 is 14.6 Å². The van der Waals surface area contributed by atoms with Crippen LogP contribution in [0.15, 0.2) is 12.1 Å². The molecule has 1 aliphatic heterocycles. The lowest BCUT2D eigenvalue weighted by atomic mass is 10.0. The first-order chi connectivity index (χ1) is 6.74. The highest BCUT2D eigenvalue weighted by Crippen LogP contribution is 2.40. The topological polar surface area (TPSA) is 38.7 Å². The second-order valence-corrected chi connectivity index (χ2v) is 3.29. The van der Waals surface area contributed by atoms with Crippen molar-refractivity contribution >= 4 is 0 Å². The molecule has 1 aromatic rings. The van der Waals surface area contributed by atoms with E-state index in [0.717, 1.165) is 5.56 Å². The zero-order valence-electron chi connectivity index (χ0n) is 7.79. The quantitative estimate of drug-likeness (QED) is 0.785. The summed E-state index contributed by atoms with van der Waals surface area (Å²) >= 11 is 0. The Morgan fingerprint density at radius 1 is 1.43 bits per heavy atom. The Labute approximate surface area is 81.1 Å². The lowest BCUT2D eigenvalue weighted by Crippen LogP contribution is -2.01. The van der Waals surface area contributed by atoms with E-state index in [0.29, 0.717) is 5.75 Å². The highest BCUT2D eigenvalue weighted by atomic mass is 19.1. The SMILES string of the molecule is CC(CO)c1ccc(F)c2c1OCO2. The van der Waals surface area contributed by atoms with Crippen molar-refractivity contribution in [2.45, 2.75) is 12.8 Å². The van der Waals surface area contributed by atoms with E-state index in [1.807, 2.05) is 6.92 Å². The fourth-order valence-electron chi connectivity index (χ4n) is 1.47. The van der Waals surface area contributed by atoms with Gasteiger partial charge in [-0.05, 0) is 6.07 Å². The highest BCUT2D eigenvalue weighted by Gasteiger charge is 2.24. The van der Waals surface area contributed by atoms with Crippen molar-refractivity contribution in [2.24, 2.45) is 0 Å². The smallest absolute Gasteiger partial charge is 0.231 e. The molecule has 1 unspecified atom stereocenters. The maximum Gasteiger partial charge on any atom is 0.231 e. The first kappa shape index (κ1) is 9.27. The maximum atomic E-state index is 13.2. The van der Waals surface area contributed by atoms with Crippen LogP contribution in [-0.4, -0.2) is 18.5 Å². The molecule has 3 nitrogen and oxygen atoms in total. The minimum absolute atomic E-state index is 0.00142.